The molecule has 4 rings (SSSR count). The number of likely N-dealkylation sites (tertiary alicyclic amines) is 1. The molecule has 1 aliphatic heterocycles. The predicted octanol–water partition coefficient (Wildman–Crippen LogP) is 5.55. The van der Waals surface area contributed by atoms with Gasteiger partial charge in [0.05, 0.1) is 42.5 Å². The molecular weight excluding hydrogens is 494 g/mol. The van der Waals surface area contributed by atoms with E-state index in [-0.39, 0.29) is 22.4 Å². The van der Waals surface area contributed by atoms with Crippen molar-refractivity contribution in [2.45, 2.75) is 25.7 Å². The number of carbonyl (C=O) groups is 1. The number of methoxy groups -OCH3 is 3. The van der Waals surface area contributed by atoms with Gasteiger partial charge in [-0.1, -0.05) is 12.1 Å². The minimum absolute atomic E-state index is 0.0324. The predicted molar refractivity (Wildman–Crippen MR) is 143 cm³/mol. The molecule has 3 aromatic rings. The van der Waals surface area contributed by atoms with Crippen LogP contribution in [0.1, 0.15) is 36.3 Å². The zero-order valence-electron chi connectivity index (χ0n) is 21.2. The van der Waals surface area contributed by atoms with Gasteiger partial charge in [-0.15, -0.1) is 11.3 Å². The summed E-state index contributed by atoms with van der Waals surface area (Å²) in [6.45, 7) is 3.01. The number of aromatic nitrogens is 1. The van der Waals surface area contributed by atoms with E-state index in [0.29, 0.717) is 47.2 Å². The lowest BCUT2D eigenvalue weighted by Crippen LogP contribution is -2.38. The molecule has 1 saturated heterocycles. The molecule has 0 radical (unpaired) electrons. The third-order valence-electron chi connectivity index (χ3n) is 6.48. The third kappa shape index (κ3) is 5.59. The molecule has 0 unspecified atom stereocenters. The molecule has 0 saturated carbocycles. The summed E-state index contributed by atoms with van der Waals surface area (Å²) in [5, 5.41) is 14.2. The standard InChI is InChI=1S/C27H29N3O6S/c1-17(13-19-14-24(35-3)25(36-4)15-23(19)34-2)27(31)29-11-9-18(10-12-29)26-28-21(16-37-26)20-7-5-6-8-22(20)30(32)33/h5-8,13-16,18H,9-12H2,1-4H3/b17-13+. The number of nitro benzene ring substituents is 1. The van der Waals surface area contributed by atoms with Crippen molar-refractivity contribution in [2.75, 3.05) is 34.4 Å². The summed E-state index contributed by atoms with van der Waals surface area (Å²) >= 11 is 1.52. The summed E-state index contributed by atoms with van der Waals surface area (Å²) in [7, 11) is 4.69. The van der Waals surface area contributed by atoms with E-state index in [0.717, 1.165) is 23.4 Å². The summed E-state index contributed by atoms with van der Waals surface area (Å²) < 4.78 is 16.2. The molecular formula is C27H29N3O6S. The highest BCUT2D eigenvalue weighted by molar-refractivity contribution is 7.10. The van der Waals surface area contributed by atoms with E-state index < -0.39 is 0 Å². The van der Waals surface area contributed by atoms with Gasteiger partial charge in [0, 0.05) is 47.7 Å². The van der Waals surface area contributed by atoms with Crippen LogP contribution in [-0.2, 0) is 4.79 Å². The van der Waals surface area contributed by atoms with Gasteiger partial charge in [0.1, 0.15) is 5.75 Å². The molecule has 2 heterocycles. The maximum atomic E-state index is 13.2. The van der Waals surface area contributed by atoms with E-state index in [2.05, 4.69) is 0 Å². The van der Waals surface area contributed by atoms with E-state index in [4.69, 9.17) is 19.2 Å². The first-order chi connectivity index (χ1) is 17.9. The molecule has 1 aliphatic rings. The highest BCUT2D eigenvalue weighted by Crippen LogP contribution is 2.37. The number of carbonyl (C=O) groups excluding carboxylic acids is 1. The molecule has 1 aromatic heterocycles. The lowest BCUT2D eigenvalue weighted by Gasteiger charge is -2.31. The number of ether oxygens (including phenoxy) is 3. The molecule has 0 spiro atoms. The van der Waals surface area contributed by atoms with Crippen LogP contribution in [0.2, 0.25) is 0 Å². The van der Waals surface area contributed by atoms with Crippen LogP contribution in [0.5, 0.6) is 17.2 Å². The lowest BCUT2D eigenvalue weighted by molar-refractivity contribution is -0.384. The fourth-order valence-corrected chi connectivity index (χ4v) is 5.48. The van der Waals surface area contributed by atoms with Crippen molar-refractivity contribution in [3.05, 3.63) is 68.0 Å². The molecule has 194 valence electrons. The summed E-state index contributed by atoms with van der Waals surface area (Å²) in [5.74, 6) is 1.87. The zero-order valence-corrected chi connectivity index (χ0v) is 22.0. The summed E-state index contributed by atoms with van der Waals surface area (Å²) in [6, 6.07) is 10.2. The van der Waals surface area contributed by atoms with Gasteiger partial charge in [0.25, 0.3) is 5.69 Å². The normalized spacial score (nSPS) is 14.4. The highest BCUT2D eigenvalue weighted by Gasteiger charge is 2.27. The zero-order chi connectivity index (χ0) is 26.5. The Bertz CT molecular complexity index is 1330. The maximum absolute atomic E-state index is 13.2. The van der Waals surface area contributed by atoms with Gasteiger partial charge in [0.2, 0.25) is 5.91 Å². The fraction of sp³-hybridized carbons (Fsp3) is 0.333. The Balaban J connectivity index is 1.44. The van der Waals surface area contributed by atoms with Crippen molar-refractivity contribution >= 4 is 29.0 Å². The number of amides is 1. The molecule has 9 nitrogen and oxygen atoms in total. The Kier molecular flexibility index (Phi) is 8.08. The molecule has 0 aliphatic carbocycles. The van der Waals surface area contributed by atoms with Crippen LogP contribution in [0.15, 0.2) is 47.4 Å². The second-order valence-corrected chi connectivity index (χ2v) is 9.58. The van der Waals surface area contributed by atoms with Gasteiger partial charge < -0.3 is 19.1 Å². The van der Waals surface area contributed by atoms with E-state index >= 15 is 0 Å². The largest absolute Gasteiger partial charge is 0.496 e. The lowest BCUT2D eigenvalue weighted by atomic mass is 9.96. The van der Waals surface area contributed by atoms with Crippen LogP contribution in [0.3, 0.4) is 0 Å². The van der Waals surface area contributed by atoms with Crippen molar-refractivity contribution in [3.8, 4) is 28.5 Å². The van der Waals surface area contributed by atoms with Crippen LogP contribution >= 0.6 is 11.3 Å². The minimum atomic E-state index is -0.383. The van der Waals surface area contributed by atoms with E-state index in [1.54, 1.807) is 64.7 Å². The maximum Gasteiger partial charge on any atom is 0.278 e. The fourth-order valence-electron chi connectivity index (χ4n) is 4.49. The van der Waals surface area contributed by atoms with Crippen molar-refractivity contribution < 1.29 is 23.9 Å². The Morgan fingerprint density at radius 1 is 1.08 bits per heavy atom. The second kappa shape index (κ2) is 11.4. The number of thiazole rings is 1. The van der Waals surface area contributed by atoms with Crippen molar-refractivity contribution in [3.63, 3.8) is 0 Å². The Labute approximate surface area is 219 Å². The van der Waals surface area contributed by atoms with Crippen LogP contribution < -0.4 is 14.2 Å². The topological polar surface area (TPSA) is 104 Å². The Hall–Kier alpha value is -3.92. The first kappa shape index (κ1) is 26.2. The number of hydrogen-bond acceptors (Lipinski definition) is 8. The first-order valence-electron chi connectivity index (χ1n) is 11.8. The highest BCUT2D eigenvalue weighted by atomic mass is 32.1. The van der Waals surface area contributed by atoms with Crippen molar-refractivity contribution in [1.82, 2.24) is 9.88 Å². The number of piperidine rings is 1. The molecule has 37 heavy (non-hydrogen) atoms. The van der Waals surface area contributed by atoms with Gasteiger partial charge in [0.15, 0.2) is 11.5 Å². The van der Waals surface area contributed by atoms with E-state index in [1.165, 1.54) is 17.4 Å². The van der Waals surface area contributed by atoms with E-state index in [9.17, 15) is 14.9 Å². The summed E-state index contributed by atoms with van der Waals surface area (Å²) in [5.41, 5.74) is 2.51. The number of benzene rings is 2. The van der Waals surface area contributed by atoms with Gasteiger partial charge in [-0.05, 0) is 38.0 Å². The van der Waals surface area contributed by atoms with Crippen molar-refractivity contribution in [1.29, 1.82) is 0 Å². The quantitative estimate of drug-likeness (QED) is 0.216. The monoisotopic (exact) mass is 523 g/mol. The number of hydrogen-bond donors (Lipinski definition) is 0. The second-order valence-electron chi connectivity index (χ2n) is 8.69. The molecule has 10 heteroatoms. The van der Waals surface area contributed by atoms with Gasteiger partial charge >= 0.3 is 0 Å². The molecule has 2 aromatic carbocycles. The SMILES string of the molecule is COc1cc(OC)c(OC)cc1/C=C(\C)C(=O)N1CCC(c2nc(-c3ccccc3[N+](=O)[O-])cs2)CC1. The number of nitro groups is 1. The van der Waals surface area contributed by atoms with Crippen molar-refractivity contribution in [2.24, 2.45) is 0 Å². The molecule has 0 bridgehead atoms. The van der Waals surface area contributed by atoms with E-state index in [1.807, 2.05) is 10.3 Å². The molecule has 0 N–H and O–H groups in total. The third-order valence-corrected chi connectivity index (χ3v) is 7.48. The van der Waals surface area contributed by atoms with Crippen LogP contribution in [0, 0.1) is 10.1 Å². The molecule has 0 atom stereocenters. The van der Waals surface area contributed by atoms with Gasteiger partial charge in [-0.25, -0.2) is 4.98 Å². The number of rotatable bonds is 8. The Morgan fingerprint density at radius 2 is 1.73 bits per heavy atom. The summed E-state index contributed by atoms with van der Waals surface area (Å²) in [6.07, 6.45) is 3.36. The van der Waals surface area contributed by atoms with Crippen LogP contribution in [-0.4, -0.2) is 55.1 Å². The smallest absolute Gasteiger partial charge is 0.278 e. The molecule has 1 amide bonds. The van der Waals surface area contributed by atoms with Crippen LogP contribution in [0.25, 0.3) is 17.3 Å². The average Bonchev–Trinajstić information content (AvgIpc) is 3.42. The summed E-state index contributed by atoms with van der Waals surface area (Å²) in [4.78, 5) is 30.8. The number of para-hydroxylation sites is 1. The molecule has 1 fully saturated rings. The minimum Gasteiger partial charge on any atom is -0.496 e. The average molecular weight is 524 g/mol. The van der Waals surface area contributed by atoms with Crippen LogP contribution in [0.4, 0.5) is 5.69 Å². The Morgan fingerprint density at radius 3 is 2.38 bits per heavy atom. The number of nitrogens with zero attached hydrogens (tertiary/aromatic N) is 3. The van der Waals surface area contributed by atoms with Gasteiger partial charge in [-0.3, -0.25) is 14.9 Å². The van der Waals surface area contributed by atoms with Gasteiger partial charge in [-0.2, -0.15) is 0 Å². The first-order valence-corrected chi connectivity index (χ1v) is 12.7.